The first kappa shape index (κ1) is 26.3. The molecule has 0 aliphatic heterocycles. The summed E-state index contributed by atoms with van der Waals surface area (Å²) in [5.41, 5.74) is -1.79. The Morgan fingerprint density at radius 2 is 1.41 bits per heavy atom. The van der Waals surface area contributed by atoms with E-state index < -0.39 is 19.4 Å². The van der Waals surface area contributed by atoms with E-state index in [1.165, 1.54) is 25.3 Å². The van der Waals surface area contributed by atoms with Crippen molar-refractivity contribution in [1.82, 2.24) is 0 Å². The third kappa shape index (κ3) is 13.2. The van der Waals surface area contributed by atoms with Crippen molar-refractivity contribution in [2.24, 2.45) is 0 Å². The molecule has 0 rings (SSSR count). The summed E-state index contributed by atoms with van der Waals surface area (Å²) >= 11 is 0. The van der Waals surface area contributed by atoms with E-state index in [1.54, 1.807) is 0 Å². The number of esters is 1. The standard InChI is InChI=1S/C20H39O6P/c1-4-7-9-11-13-15-17-20(6-3,26-27(22,23)24)19(21)25-18-16-14-12-10-8-5-2/h6H,3-5,7-18H2,1-2H3,(H2,22,23,24). The Balaban J connectivity index is 4.55. The Bertz CT molecular complexity index is 448. The smallest absolute Gasteiger partial charge is 0.463 e. The zero-order valence-corrected chi connectivity index (χ0v) is 18.1. The normalized spacial score (nSPS) is 13.9. The molecule has 0 saturated heterocycles. The van der Waals surface area contributed by atoms with E-state index in [2.05, 4.69) is 20.4 Å². The Kier molecular flexibility index (Phi) is 14.9. The Morgan fingerprint density at radius 3 is 1.89 bits per heavy atom. The van der Waals surface area contributed by atoms with E-state index in [1.807, 2.05) is 0 Å². The molecule has 0 aliphatic carbocycles. The summed E-state index contributed by atoms with van der Waals surface area (Å²) in [5, 5.41) is 0. The molecule has 0 radical (unpaired) electrons. The topological polar surface area (TPSA) is 93.1 Å². The largest absolute Gasteiger partial charge is 0.471 e. The van der Waals surface area contributed by atoms with E-state index in [4.69, 9.17) is 9.26 Å². The van der Waals surface area contributed by atoms with Gasteiger partial charge in [-0.2, -0.15) is 0 Å². The maximum absolute atomic E-state index is 12.5. The number of carbonyl (C=O) groups excluding carboxylic acids is 1. The molecule has 0 saturated carbocycles. The SMILES string of the molecule is C=CC(CCCCCCCC)(OP(=O)(O)O)C(=O)OCCCCCCCC. The number of phosphoric ester groups is 1. The van der Waals surface area contributed by atoms with Gasteiger partial charge in [-0.25, -0.2) is 9.36 Å². The van der Waals surface area contributed by atoms with Crippen LogP contribution in [-0.4, -0.2) is 28.0 Å². The molecular weight excluding hydrogens is 367 g/mol. The van der Waals surface area contributed by atoms with Crippen LogP contribution in [0.1, 0.15) is 97.3 Å². The van der Waals surface area contributed by atoms with Crippen molar-refractivity contribution >= 4 is 13.8 Å². The fourth-order valence-corrected chi connectivity index (χ4v) is 3.62. The fraction of sp³-hybridized carbons (Fsp3) is 0.850. The quantitative estimate of drug-likeness (QED) is 0.132. The molecule has 0 aromatic heterocycles. The number of unbranched alkanes of at least 4 members (excludes halogenated alkanes) is 10. The zero-order chi connectivity index (χ0) is 20.6. The summed E-state index contributed by atoms with van der Waals surface area (Å²) in [6.07, 6.45) is 13.6. The van der Waals surface area contributed by atoms with Gasteiger partial charge in [0, 0.05) is 0 Å². The van der Waals surface area contributed by atoms with Crippen molar-refractivity contribution in [1.29, 1.82) is 0 Å². The lowest BCUT2D eigenvalue weighted by molar-refractivity contribution is -0.160. The maximum atomic E-state index is 12.5. The lowest BCUT2D eigenvalue weighted by atomic mass is 9.95. The van der Waals surface area contributed by atoms with E-state index in [9.17, 15) is 19.1 Å². The highest BCUT2D eigenvalue weighted by Crippen LogP contribution is 2.44. The molecule has 0 heterocycles. The Morgan fingerprint density at radius 1 is 0.926 bits per heavy atom. The number of hydrogen-bond donors (Lipinski definition) is 2. The zero-order valence-electron chi connectivity index (χ0n) is 17.2. The number of carbonyl (C=O) groups is 1. The molecular formula is C20H39O6P. The molecule has 0 aromatic carbocycles. The van der Waals surface area contributed by atoms with Gasteiger partial charge in [0.05, 0.1) is 6.61 Å². The van der Waals surface area contributed by atoms with Crippen LogP contribution in [0.3, 0.4) is 0 Å². The van der Waals surface area contributed by atoms with Crippen LogP contribution in [0, 0.1) is 0 Å². The molecule has 0 aliphatic rings. The molecule has 1 unspecified atom stereocenters. The Hall–Kier alpha value is -0.680. The molecule has 27 heavy (non-hydrogen) atoms. The predicted molar refractivity (Wildman–Crippen MR) is 108 cm³/mol. The van der Waals surface area contributed by atoms with Crippen molar-refractivity contribution in [3.8, 4) is 0 Å². The molecule has 0 bridgehead atoms. The van der Waals surface area contributed by atoms with Gasteiger partial charge in [-0.15, -0.1) is 0 Å². The van der Waals surface area contributed by atoms with E-state index in [-0.39, 0.29) is 13.0 Å². The highest BCUT2D eigenvalue weighted by atomic mass is 31.2. The number of hydrogen-bond acceptors (Lipinski definition) is 4. The molecule has 1 atom stereocenters. The highest BCUT2D eigenvalue weighted by molar-refractivity contribution is 7.46. The average Bonchev–Trinajstić information content (AvgIpc) is 2.61. The van der Waals surface area contributed by atoms with Gasteiger partial charge in [-0.1, -0.05) is 84.6 Å². The van der Waals surface area contributed by atoms with E-state index in [0.29, 0.717) is 6.42 Å². The summed E-state index contributed by atoms with van der Waals surface area (Å²) in [5.74, 6) is -0.761. The summed E-state index contributed by atoms with van der Waals surface area (Å²) in [6.45, 7) is 8.09. The average molecular weight is 407 g/mol. The van der Waals surface area contributed by atoms with Gasteiger partial charge < -0.3 is 14.5 Å². The van der Waals surface area contributed by atoms with Gasteiger partial charge in [0.2, 0.25) is 0 Å². The van der Waals surface area contributed by atoms with Gasteiger partial charge in [0.1, 0.15) is 0 Å². The van der Waals surface area contributed by atoms with Crippen molar-refractivity contribution in [3.63, 3.8) is 0 Å². The first-order valence-corrected chi connectivity index (χ1v) is 11.9. The molecule has 0 spiro atoms. The second-order valence-corrected chi connectivity index (χ2v) is 8.26. The molecule has 0 fully saturated rings. The van der Waals surface area contributed by atoms with Gasteiger partial charge in [-0.05, 0) is 25.3 Å². The van der Waals surface area contributed by atoms with Crippen molar-refractivity contribution < 1.29 is 28.4 Å². The minimum atomic E-state index is -4.85. The van der Waals surface area contributed by atoms with Crippen LogP contribution >= 0.6 is 7.82 Å². The van der Waals surface area contributed by atoms with Crippen LogP contribution in [0.15, 0.2) is 12.7 Å². The van der Waals surface area contributed by atoms with Crippen LogP contribution in [-0.2, 0) is 18.6 Å². The van der Waals surface area contributed by atoms with Crippen LogP contribution < -0.4 is 0 Å². The molecule has 7 heteroatoms. The maximum Gasteiger partial charge on any atom is 0.471 e. The van der Waals surface area contributed by atoms with Gasteiger partial charge in [0.15, 0.2) is 5.60 Å². The van der Waals surface area contributed by atoms with Crippen molar-refractivity contribution in [3.05, 3.63) is 12.7 Å². The first-order valence-electron chi connectivity index (χ1n) is 10.4. The Labute approximate surface area is 165 Å². The first-order chi connectivity index (χ1) is 12.8. The van der Waals surface area contributed by atoms with Gasteiger partial charge in [-0.3, -0.25) is 4.52 Å². The van der Waals surface area contributed by atoms with Gasteiger partial charge >= 0.3 is 13.8 Å². The minimum Gasteiger partial charge on any atom is -0.463 e. The second-order valence-electron chi connectivity index (χ2n) is 7.10. The molecule has 0 amide bonds. The number of rotatable bonds is 18. The molecule has 160 valence electrons. The van der Waals surface area contributed by atoms with Crippen LogP contribution in [0.4, 0.5) is 0 Å². The molecule has 6 nitrogen and oxygen atoms in total. The minimum absolute atomic E-state index is 0.156. The summed E-state index contributed by atoms with van der Waals surface area (Å²) < 4.78 is 21.5. The van der Waals surface area contributed by atoms with E-state index in [0.717, 1.165) is 51.4 Å². The van der Waals surface area contributed by atoms with Crippen LogP contribution in [0.25, 0.3) is 0 Å². The summed E-state index contributed by atoms with van der Waals surface area (Å²) in [6, 6.07) is 0. The summed E-state index contributed by atoms with van der Waals surface area (Å²) in [7, 11) is -4.85. The third-order valence-corrected chi connectivity index (χ3v) is 5.15. The number of phosphoric acid groups is 1. The van der Waals surface area contributed by atoms with Crippen molar-refractivity contribution in [2.75, 3.05) is 6.61 Å². The molecule has 0 aromatic rings. The lowest BCUT2D eigenvalue weighted by Crippen LogP contribution is -2.40. The second kappa shape index (κ2) is 15.3. The van der Waals surface area contributed by atoms with Crippen molar-refractivity contribution in [2.45, 2.75) is 103 Å². The third-order valence-electron chi connectivity index (χ3n) is 4.59. The van der Waals surface area contributed by atoms with Gasteiger partial charge in [0.25, 0.3) is 0 Å². The number of ether oxygens (including phenoxy) is 1. The predicted octanol–water partition coefficient (Wildman–Crippen LogP) is 5.67. The van der Waals surface area contributed by atoms with E-state index >= 15 is 0 Å². The highest BCUT2D eigenvalue weighted by Gasteiger charge is 2.43. The van der Waals surface area contributed by atoms with Crippen LogP contribution in [0.2, 0.25) is 0 Å². The van der Waals surface area contributed by atoms with Crippen LogP contribution in [0.5, 0.6) is 0 Å². The summed E-state index contributed by atoms with van der Waals surface area (Å²) in [4.78, 5) is 31.0. The fourth-order valence-electron chi connectivity index (χ4n) is 2.96. The monoisotopic (exact) mass is 406 g/mol. The lowest BCUT2D eigenvalue weighted by Gasteiger charge is -2.28. The molecule has 2 N–H and O–H groups in total.